The highest BCUT2D eigenvalue weighted by Crippen LogP contribution is 2.30. The SMILES string of the molecule is CC(C)(C)c1ccc(-c2noc(CNC(=O)c3ccc4c(c3)OCCO4)n2)cc1. The largest absolute Gasteiger partial charge is 0.486 e. The van der Waals surface area contributed by atoms with Crippen LogP contribution in [0.5, 0.6) is 11.5 Å². The number of hydrogen-bond donors (Lipinski definition) is 1. The van der Waals surface area contributed by atoms with Gasteiger partial charge in [-0.3, -0.25) is 4.79 Å². The lowest BCUT2D eigenvalue weighted by Crippen LogP contribution is -2.23. The molecule has 3 aromatic rings. The molecule has 2 heterocycles. The number of carbonyl (C=O) groups is 1. The Morgan fingerprint density at radius 3 is 2.48 bits per heavy atom. The number of fused-ring (bicyclic) bond motifs is 1. The zero-order valence-electron chi connectivity index (χ0n) is 16.7. The summed E-state index contributed by atoms with van der Waals surface area (Å²) in [6.07, 6.45) is 0. The third kappa shape index (κ3) is 4.23. The fraction of sp³-hybridized carbons (Fsp3) is 0.318. The highest BCUT2D eigenvalue weighted by molar-refractivity contribution is 5.94. The molecule has 7 nitrogen and oxygen atoms in total. The van der Waals surface area contributed by atoms with Crippen LogP contribution < -0.4 is 14.8 Å². The van der Waals surface area contributed by atoms with Gasteiger partial charge in [0.2, 0.25) is 11.7 Å². The molecule has 0 saturated carbocycles. The maximum absolute atomic E-state index is 12.4. The lowest BCUT2D eigenvalue weighted by Gasteiger charge is -2.18. The van der Waals surface area contributed by atoms with Crippen molar-refractivity contribution in [1.29, 1.82) is 0 Å². The minimum absolute atomic E-state index is 0.0824. The predicted octanol–water partition coefficient (Wildman–Crippen LogP) is 3.74. The molecule has 0 saturated heterocycles. The van der Waals surface area contributed by atoms with E-state index in [1.807, 2.05) is 12.1 Å². The van der Waals surface area contributed by atoms with Crippen molar-refractivity contribution in [2.75, 3.05) is 13.2 Å². The maximum Gasteiger partial charge on any atom is 0.251 e. The Morgan fingerprint density at radius 1 is 1.03 bits per heavy atom. The third-order valence-corrected chi connectivity index (χ3v) is 4.68. The molecule has 150 valence electrons. The van der Waals surface area contributed by atoms with Crippen molar-refractivity contribution in [3.63, 3.8) is 0 Å². The molecule has 0 unspecified atom stereocenters. The first kappa shape index (κ1) is 19.0. The molecule has 1 amide bonds. The number of aromatic nitrogens is 2. The summed E-state index contributed by atoms with van der Waals surface area (Å²) in [6, 6.07) is 13.2. The lowest BCUT2D eigenvalue weighted by atomic mass is 9.87. The number of amides is 1. The van der Waals surface area contributed by atoms with Crippen molar-refractivity contribution in [3.05, 3.63) is 59.5 Å². The van der Waals surface area contributed by atoms with Crippen LogP contribution in [0.2, 0.25) is 0 Å². The van der Waals surface area contributed by atoms with Gasteiger partial charge < -0.3 is 19.3 Å². The molecule has 0 radical (unpaired) electrons. The molecule has 0 spiro atoms. The molecular formula is C22H23N3O4. The van der Waals surface area contributed by atoms with E-state index in [0.29, 0.717) is 42.0 Å². The Morgan fingerprint density at radius 2 is 1.76 bits per heavy atom. The Kier molecular flexibility index (Phi) is 4.96. The second-order valence-electron chi connectivity index (χ2n) is 7.88. The van der Waals surface area contributed by atoms with Gasteiger partial charge >= 0.3 is 0 Å². The average Bonchev–Trinajstić information content (AvgIpc) is 3.20. The van der Waals surface area contributed by atoms with Gasteiger partial charge in [-0.15, -0.1) is 0 Å². The number of nitrogens with one attached hydrogen (secondary N) is 1. The van der Waals surface area contributed by atoms with Crippen molar-refractivity contribution in [2.45, 2.75) is 32.7 Å². The second kappa shape index (κ2) is 7.58. The molecule has 2 aromatic carbocycles. The van der Waals surface area contributed by atoms with E-state index >= 15 is 0 Å². The molecule has 0 atom stereocenters. The van der Waals surface area contributed by atoms with Gasteiger partial charge in [0.25, 0.3) is 5.91 Å². The molecule has 1 aliphatic rings. The Hall–Kier alpha value is -3.35. The second-order valence-corrected chi connectivity index (χ2v) is 7.88. The lowest BCUT2D eigenvalue weighted by molar-refractivity contribution is 0.0945. The summed E-state index contributed by atoms with van der Waals surface area (Å²) in [5, 5.41) is 6.80. The average molecular weight is 393 g/mol. The quantitative estimate of drug-likeness (QED) is 0.727. The molecule has 0 bridgehead atoms. The predicted molar refractivity (Wildman–Crippen MR) is 107 cm³/mol. The molecule has 1 aliphatic heterocycles. The molecule has 7 heteroatoms. The first-order chi connectivity index (χ1) is 13.9. The first-order valence-electron chi connectivity index (χ1n) is 9.51. The highest BCUT2D eigenvalue weighted by atomic mass is 16.6. The fourth-order valence-electron chi connectivity index (χ4n) is 3.01. The molecule has 4 rings (SSSR count). The van der Waals surface area contributed by atoms with Crippen LogP contribution in [0.15, 0.2) is 47.0 Å². The molecule has 1 aromatic heterocycles. The van der Waals surface area contributed by atoms with Gasteiger partial charge in [-0.25, -0.2) is 0 Å². The minimum atomic E-state index is -0.253. The number of nitrogens with zero attached hydrogens (tertiary/aromatic N) is 2. The zero-order chi connectivity index (χ0) is 20.4. The van der Waals surface area contributed by atoms with E-state index in [1.54, 1.807) is 18.2 Å². The molecular weight excluding hydrogens is 370 g/mol. The third-order valence-electron chi connectivity index (χ3n) is 4.68. The van der Waals surface area contributed by atoms with Crippen LogP contribution in [-0.2, 0) is 12.0 Å². The standard InChI is InChI=1S/C22H23N3O4/c1-22(2,3)16-7-4-14(5-8-16)20-24-19(29-25-20)13-23-21(26)15-6-9-17-18(12-15)28-11-10-27-17/h4-9,12H,10-11,13H2,1-3H3,(H,23,26). The summed E-state index contributed by atoms with van der Waals surface area (Å²) < 4.78 is 16.3. The number of rotatable bonds is 4. The van der Waals surface area contributed by atoms with E-state index in [9.17, 15) is 4.79 Å². The summed E-state index contributed by atoms with van der Waals surface area (Å²) in [4.78, 5) is 16.8. The molecule has 1 N–H and O–H groups in total. The van der Waals surface area contributed by atoms with E-state index in [0.717, 1.165) is 5.56 Å². The van der Waals surface area contributed by atoms with Crippen molar-refractivity contribution >= 4 is 5.91 Å². The van der Waals surface area contributed by atoms with Crippen LogP contribution in [0, 0.1) is 0 Å². The summed E-state index contributed by atoms with van der Waals surface area (Å²) >= 11 is 0. The van der Waals surface area contributed by atoms with Crippen molar-refractivity contribution < 1.29 is 18.8 Å². The van der Waals surface area contributed by atoms with E-state index in [2.05, 4.69) is 48.4 Å². The minimum Gasteiger partial charge on any atom is -0.486 e. The van der Waals surface area contributed by atoms with Crippen LogP contribution >= 0.6 is 0 Å². The zero-order valence-corrected chi connectivity index (χ0v) is 16.7. The number of benzene rings is 2. The number of hydrogen-bond acceptors (Lipinski definition) is 6. The first-order valence-corrected chi connectivity index (χ1v) is 9.51. The van der Waals surface area contributed by atoms with Gasteiger partial charge in [0.1, 0.15) is 13.2 Å². The van der Waals surface area contributed by atoms with Crippen molar-refractivity contribution in [3.8, 4) is 22.9 Å². The van der Waals surface area contributed by atoms with Gasteiger partial charge in [0, 0.05) is 11.1 Å². The van der Waals surface area contributed by atoms with Crippen LogP contribution in [0.25, 0.3) is 11.4 Å². The fourth-order valence-corrected chi connectivity index (χ4v) is 3.01. The summed E-state index contributed by atoms with van der Waals surface area (Å²) in [7, 11) is 0. The van der Waals surface area contributed by atoms with E-state index in [1.165, 1.54) is 5.56 Å². The normalized spacial score (nSPS) is 13.2. The van der Waals surface area contributed by atoms with E-state index in [4.69, 9.17) is 14.0 Å². The Bertz CT molecular complexity index is 1020. The van der Waals surface area contributed by atoms with Crippen LogP contribution in [-0.4, -0.2) is 29.3 Å². The van der Waals surface area contributed by atoms with Crippen LogP contribution in [0.1, 0.15) is 42.6 Å². The Balaban J connectivity index is 1.40. The summed E-state index contributed by atoms with van der Waals surface area (Å²) in [5.41, 5.74) is 2.66. The van der Waals surface area contributed by atoms with Crippen LogP contribution in [0.3, 0.4) is 0 Å². The van der Waals surface area contributed by atoms with E-state index < -0.39 is 0 Å². The van der Waals surface area contributed by atoms with Crippen LogP contribution in [0.4, 0.5) is 0 Å². The monoisotopic (exact) mass is 393 g/mol. The summed E-state index contributed by atoms with van der Waals surface area (Å²) in [5.74, 6) is 1.80. The van der Waals surface area contributed by atoms with Gasteiger partial charge in [-0.2, -0.15) is 4.98 Å². The number of carbonyl (C=O) groups excluding carboxylic acids is 1. The Labute approximate surface area is 169 Å². The maximum atomic E-state index is 12.4. The summed E-state index contributed by atoms with van der Waals surface area (Å²) in [6.45, 7) is 7.62. The molecule has 0 fully saturated rings. The van der Waals surface area contributed by atoms with Gasteiger partial charge in [-0.1, -0.05) is 50.2 Å². The van der Waals surface area contributed by atoms with Gasteiger partial charge in [-0.05, 0) is 29.2 Å². The highest BCUT2D eigenvalue weighted by Gasteiger charge is 2.17. The topological polar surface area (TPSA) is 86.5 Å². The van der Waals surface area contributed by atoms with E-state index in [-0.39, 0.29) is 17.9 Å². The number of ether oxygens (including phenoxy) is 2. The van der Waals surface area contributed by atoms with Crippen molar-refractivity contribution in [1.82, 2.24) is 15.5 Å². The van der Waals surface area contributed by atoms with Gasteiger partial charge in [0.15, 0.2) is 11.5 Å². The molecule has 0 aliphatic carbocycles. The smallest absolute Gasteiger partial charge is 0.251 e. The molecule has 29 heavy (non-hydrogen) atoms. The van der Waals surface area contributed by atoms with Gasteiger partial charge in [0.05, 0.1) is 6.54 Å². The van der Waals surface area contributed by atoms with Crippen molar-refractivity contribution in [2.24, 2.45) is 0 Å².